The third-order valence-corrected chi connectivity index (χ3v) is 3.67. The van der Waals surface area contributed by atoms with Crippen molar-refractivity contribution in [1.29, 1.82) is 0 Å². The van der Waals surface area contributed by atoms with Crippen LogP contribution in [0.4, 0.5) is 0 Å². The number of ether oxygens (including phenoxy) is 4. The van der Waals surface area contributed by atoms with Crippen molar-refractivity contribution in [2.24, 2.45) is 5.73 Å². The van der Waals surface area contributed by atoms with Gasteiger partial charge in [0.1, 0.15) is 23.0 Å². The van der Waals surface area contributed by atoms with Crippen LogP contribution >= 0.6 is 0 Å². The van der Waals surface area contributed by atoms with E-state index in [-0.39, 0.29) is 6.04 Å². The summed E-state index contributed by atoms with van der Waals surface area (Å²) in [5.74, 6) is 2.93. The van der Waals surface area contributed by atoms with E-state index in [0.717, 1.165) is 34.1 Å². The van der Waals surface area contributed by atoms with Crippen LogP contribution in [-0.2, 0) is 6.42 Å². The molecule has 0 aliphatic carbocycles. The maximum atomic E-state index is 6.36. The zero-order valence-corrected chi connectivity index (χ0v) is 14.0. The molecule has 0 radical (unpaired) electrons. The van der Waals surface area contributed by atoms with Gasteiger partial charge in [-0.2, -0.15) is 0 Å². The number of hydrogen-bond acceptors (Lipinski definition) is 5. The molecule has 0 saturated heterocycles. The Morgan fingerprint density at radius 1 is 0.696 bits per heavy atom. The third-order valence-electron chi connectivity index (χ3n) is 3.67. The minimum atomic E-state index is -0.198. The first kappa shape index (κ1) is 17.0. The Kier molecular flexibility index (Phi) is 5.71. The largest absolute Gasteiger partial charge is 0.497 e. The van der Waals surface area contributed by atoms with Gasteiger partial charge in [-0.3, -0.25) is 0 Å². The Hall–Kier alpha value is -2.40. The molecule has 0 aliphatic rings. The molecule has 0 unspecified atom stereocenters. The summed E-state index contributed by atoms with van der Waals surface area (Å²) in [4.78, 5) is 0. The molecule has 0 fully saturated rings. The molecule has 5 heteroatoms. The van der Waals surface area contributed by atoms with E-state index in [1.165, 1.54) is 0 Å². The molecule has 0 amide bonds. The van der Waals surface area contributed by atoms with Crippen molar-refractivity contribution < 1.29 is 18.9 Å². The van der Waals surface area contributed by atoms with Crippen LogP contribution < -0.4 is 24.7 Å². The van der Waals surface area contributed by atoms with Crippen molar-refractivity contribution in [3.05, 3.63) is 47.5 Å². The van der Waals surface area contributed by atoms with Crippen molar-refractivity contribution in [1.82, 2.24) is 0 Å². The van der Waals surface area contributed by atoms with Gasteiger partial charge in [0.25, 0.3) is 0 Å². The Balaban J connectivity index is 2.26. The molecule has 124 valence electrons. The van der Waals surface area contributed by atoms with Crippen molar-refractivity contribution in [3.63, 3.8) is 0 Å². The van der Waals surface area contributed by atoms with Gasteiger partial charge < -0.3 is 24.7 Å². The van der Waals surface area contributed by atoms with E-state index in [2.05, 4.69) is 0 Å². The highest BCUT2D eigenvalue weighted by molar-refractivity contribution is 5.42. The van der Waals surface area contributed by atoms with Crippen LogP contribution in [0.1, 0.15) is 17.2 Å². The highest BCUT2D eigenvalue weighted by atomic mass is 16.5. The molecule has 0 heterocycles. The Labute approximate surface area is 136 Å². The first-order valence-electron chi connectivity index (χ1n) is 7.30. The minimum absolute atomic E-state index is 0.198. The van der Waals surface area contributed by atoms with E-state index in [0.29, 0.717) is 6.42 Å². The van der Waals surface area contributed by atoms with Crippen LogP contribution in [-0.4, -0.2) is 28.4 Å². The monoisotopic (exact) mass is 317 g/mol. The summed E-state index contributed by atoms with van der Waals surface area (Å²) in [5, 5.41) is 0. The molecule has 0 spiro atoms. The standard InChI is InChI=1S/C18H23NO4/c1-20-14-5-12(6-15(10-14)21-2)7-18(19)13-8-16(22-3)11-17(9-13)23-4/h5-6,8-11,18H,7,19H2,1-4H3/t18-/m0/s1. The van der Waals surface area contributed by atoms with E-state index in [1.54, 1.807) is 28.4 Å². The Bertz CT molecular complexity index is 613. The maximum absolute atomic E-state index is 6.36. The van der Waals surface area contributed by atoms with Gasteiger partial charge in [-0.1, -0.05) is 0 Å². The number of hydrogen-bond donors (Lipinski definition) is 1. The van der Waals surface area contributed by atoms with E-state index < -0.39 is 0 Å². The molecule has 1 atom stereocenters. The van der Waals surface area contributed by atoms with Crippen LogP contribution in [0.15, 0.2) is 36.4 Å². The van der Waals surface area contributed by atoms with Gasteiger partial charge in [0.05, 0.1) is 28.4 Å². The molecule has 2 rings (SSSR count). The molecule has 5 nitrogen and oxygen atoms in total. The fourth-order valence-corrected chi connectivity index (χ4v) is 2.40. The van der Waals surface area contributed by atoms with Gasteiger partial charge in [0.15, 0.2) is 0 Å². The molecule has 23 heavy (non-hydrogen) atoms. The van der Waals surface area contributed by atoms with Crippen molar-refractivity contribution in [3.8, 4) is 23.0 Å². The summed E-state index contributed by atoms with van der Waals surface area (Å²) in [7, 11) is 6.50. The van der Waals surface area contributed by atoms with Gasteiger partial charge >= 0.3 is 0 Å². The fourth-order valence-electron chi connectivity index (χ4n) is 2.40. The predicted octanol–water partition coefficient (Wildman–Crippen LogP) is 2.96. The molecule has 0 bridgehead atoms. The van der Waals surface area contributed by atoms with Gasteiger partial charge in [-0.15, -0.1) is 0 Å². The fraction of sp³-hybridized carbons (Fsp3) is 0.333. The lowest BCUT2D eigenvalue weighted by atomic mass is 9.99. The highest BCUT2D eigenvalue weighted by Gasteiger charge is 2.12. The van der Waals surface area contributed by atoms with Gasteiger partial charge in [-0.25, -0.2) is 0 Å². The lowest BCUT2D eigenvalue weighted by molar-refractivity contribution is 0.391. The normalized spacial score (nSPS) is 11.7. The molecule has 2 aromatic carbocycles. The number of nitrogens with two attached hydrogens (primary N) is 1. The van der Waals surface area contributed by atoms with E-state index in [9.17, 15) is 0 Å². The van der Waals surface area contributed by atoms with Crippen molar-refractivity contribution in [2.75, 3.05) is 28.4 Å². The second-order valence-electron chi connectivity index (χ2n) is 5.18. The SMILES string of the molecule is COc1cc(C[C@H](N)c2cc(OC)cc(OC)c2)cc(OC)c1. The van der Waals surface area contributed by atoms with E-state index in [4.69, 9.17) is 24.7 Å². The average molecular weight is 317 g/mol. The number of methoxy groups -OCH3 is 4. The van der Waals surface area contributed by atoms with E-state index >= 15 is 0 Å². The Morgan fingerprint density at radius 2 is 1.09 bits per heavy atom. The van der Waals surface area contributed by atoms with Gasteiger partial charge in [0.2, 0.25) is 0 Å². The molecule has 2 aromatic rings. The summed E-state index contributed by atoms with van der Waals surface area (Å²) in [6.45, 7) is 0. The molecular formula is C18H23NO4. The lowest BCUT2D eigenvalue weighted by Crippen LogP contribution is -2.13. The topological polar surface area (TPSA) is 62.9 Å². The number of benzene rings is 2. The molecule has 0 saturated carbocycles. The summed E-state index contributed by atoms with van der Waals surface area (Å²) in [6.07, 6.45) is 0.643. The van der Waals surface area contributed by atoms with Crippen LogP contribution in [0.5, 0.6) is 23.0 Å². The van der Waals surface area contributed by atoms with Crippen LogP contribution in [0.2, 0.25) is 0 Å². The van der Waals surface area contributed by atoms with Crippen molar-refractivity contribution >= 4 is 0 Å². The quantitative estimate of drug-likeness (QED) is 0.850. The van der Waals surface area contributed by atoms with Gasteiger partial charge in [0, 0.05) is 18.2 Å². The summed E-state index contributed by atoms with van der Waals surface area (Å²) < 4.78 is 21.2. The summed E-state index contributed by atoms with van der Waals surface area (Å²) in [6, 6.07) is 11.2. The third kappa shape index (κ3) is 4.29. The molecule has 0 aromatic heterocycles. The molecule has 2 N–H and O–H groups in total. The second kappa shape index (κ2) is 7.74. The van der Waals surface area contributed by atoms with Crippen LogP contribution in [0.25, 0.3) is 0 Å². The average Bonchev–Trinajstić information content (AvgIpc) is 2.60. The first-order valence-corrected chi connectivity index (χ1v) is 7.30. The van der Waals surface area contributed by atoms with Crippen LogP contribution in [0, 0.1) is 0 Å². The summed E-state index contributed by atoms with van der Waals surface area (Å²) >= 11 is 0. The lowest BCUT2D eigenvalue weighted by Gasteiger charge is -2.16. The molecular weight excluding hydrogens is 294 g/mol. The van der Waals surface area contributed by atoms with Crippen LogP contribution in [0.3, 0.4) is 0 Å². The van der Waals surface area contributed by atoms with E-state index in [1.807, 2.05) is 36.4 Å². The minimum Gasteiger partial charge on any atom is -0.497 e. The second-order valence-corrected chi connectivity index (χ2v) is 5.18. The van der Waals surface area contributed by atoms with Gasteiger partial charge in [-0.05, 0) is 41.8 Å². The first-order chi connectivity index (χ1) is 11.1. The number of rotatable bonds is 7. The predicted molar refractivity (Wildman–Crippen MR) is 89.7 cm³/mol. The molecule has 0 aliphatic heterocycles. The smallest absolute Gasteiger partial charge is 0.122 e. The van der Waals surface area contributed by atoms with Crippen molar-refractivity contribution in [2.45, 2.75) is 12.5 Å². The summed E-state index contributed by atoms with van der Waals surface area (Å²) in [5.41, 5.74) is 8.35. The zero-order valence-electron chi connectivity index (χ0n) is 14.0. The zero-order chi connectivity index (χ0) is 16.8. The Morgan fingerprint density at radius 3 is 1.48 bits per heavy atom. The highest BCUT2D eigenvalue weighted by Crippen LogP contribution is 2.29. The maximum Gasteiger partial charge on any atom is 0.122 e.